The number of aromatic nitrogens is 1. The first-order chi connectivity index (χ1) is 12.2. The summed E-state index contributed by atoms with van der Waals surface area (Å²) in [6.45, 7) is 0.939. The molecule has 0 radical (unpaired) electrons. The number of carbonyl (C=O) groups is 1. The van der Waals surface area contributed by atoms with Gasteiger partial charge in [-0.05, 0) is 51.8 Å². The average molecular weight is 397 g/mol. The summed E-state index contributed by atoms with van der Waals surface area (Å²) >= 11 is 3.39. The van der Waals surface area contributed by atoms with Gasteiger partial charge in [-0.15, -0.1) is 0 Å². The monoisotopic (exact) mass is 396 g/mol. The molecular formula is C20H17BrN2O2. The standard InChI is InChI=1S/C20H17BrN2O2/c21-19-6-2-1-5-18(19)20(24)23-13-15-7-9-17(10-8-15)25-14-16-4-3-11-22-12-16/h1-12H,13-14H2,(H,23,24). The molecule has 0 bridgehead atoms. The van der Waals surface area contributed by atoms with Gasteiger partial charge in [0.15, 0.2) is 0 Å². The molecule has 4 nitrogen and oxygen atoms in total. The first kappa shape index (κ1) is 17.2. The Morgan fingerprint density at radius 2 is 1.80 bits per heavy atom. The summed E-state index contributed by atoms with van der Waals surface area (Å²) in [6.07, 6.45) is 3.52. The quantitative estimate of drug-likeness (QED) is 0.673. The lowest BCUT2D eigenvalue weighted by atomic mass is 10.2. The fourth-order valence-corrected chi connectivity index (χ4v) is 2.74. The highest BCUT2D eigenvalue weighted by atomic mass is 79.9. The van der Waals surface area contributed by atoms with Crippen molar-refractivity contribution in [2.45, 2.75) is 13.2 Å². The van der Waals surface area contributed by atoms with Gasteiger partial charge < -0.3 is 10.1 Å². The van der Waals surface area contributed by atoms with Crippen LogP contribution in [0.3, 0.4) is 0 Å². The van der Waals surface area contributed by atoms with Crippen LogP contribution in [0.5, 0.6) is 5.75 Å². The van der Waals surface area contributed by atoms with Gasteiger partial charge in [0.2, 0.25) is 0 Å². The van der Waals surface area contributed by atoms with Gasteiger partial charge in [0, 0.05) is 29.0 Å². The second-order valence-corrected chi connectivity index (χ2v) is 6.31. The van der Waals surface area contributed by atoms with Gasteiger partial charge in [0.25, 0.3) is 5.91 Å². The molecule has 0 aliphatic rings. The maximum absolute atomic E-state index is 12.2. The number of benzene rings is 2. The highest BCUT2D eigenvalue weighted by molar-refractivity contribution is 9.10. The third-order valence-electron chi connectivity index (χ3n) is 3.62. The molecule has 25 heavy (non-hydrogen) atoms. The Bertz CT molecular complexity index is 836. The van der Waals surface area contributed by atoms with Crippen molar-refractivity contribution < 1.29 is 9.53 Å². The van der Waals surface area contributed by atoms with Gasteiger partial charge >= 0.3 is 0 Å². The summed E-state index contributed by atoms with van der Waals surface area (Å²) in [5.41, 5.74) is 2.65. The number of pyridine rings is 1. The first-order valence-electron chi connectivity index (χ1n) is 7.86. The molecule has 0 aliphatic carbocycles. The minimum Gasteiger partial charge on any atom is -0.489 e. The summed E-state index contributed by atoms with van der Waals surface area (Å²) in [5.74, 6) is 0.675. The van der Waals surface area contributed by atoms with Crippen LogP contribution in [0.15, 0.2) is 77.5 Å². The Hall–Kier alpha value is -2.66. The van der Waals surface area contributed by atoms with Gasteiger partial charge in [-0.2, -0.15) is 0 Å². The Labute approximate surface area is 155 Å². The van der Waals surface area contributed by atoms with Crippen molar-refractivity contribution in [1.29, 1.82) is 0 Å². The molecule has 0 atom stereocenters. The van der Waals surface area contributed by atoms with Crippen LogP contribution >= 0.6 is 15.9 Å². The molecule has 0 aliphatic heterocycles. The summed E-state index contributed by atoms with van der Waals surface area (Å²) < 4.78 is 6.51. The van der Waals surface area contributed by atoms with E-state index in [4.69, 9.17) is 4.74 Å². The highest BCUT2D eigenvalue weighted by Crippen LogP contribution is 2.17. The molecule has 0 unspecified atom stereocenters. The molecule has 126 valence electrons. The minimum absolute atomic E-state index is 0.107. The number of nitrogens with zero attached hydrogens (tertiary/aromatic N) is 1. The van der Waals surface area contributed by atoms with Crippen molar-refractivity contribution in [3.8, 4) is 5.75 Å². The normalized spacial score (nSPS) is 10.3. The van der Waals surface area contributed by atoms with E-state index in [1.165, 1.54) is 0 Å². The number of ether oxygens (including phenoxy) is 1. The van der Waals surface area contributed by atoms with E-state index in [0.29, 0.717) is 18.7 Å². The zero-order valence-corrected chi connectivity index (χ0v) is 15.1. The Morgan fingerprint density at radius 1 is 1.00 bits per heavy atom. The Balaban J connectivity index is 1.52. The average Bonchev–Trinajstić information content (AvgIpc) is 2.66. The van der Waals surface area contributed by atoms with Crippen molar-refractivity contribution >= 4 is 21.8 Å². The third kappa shape index (κ3) is 4.90. The second kappa shape index (κ2) is 8.44. The fraction of sp³-hybridized carbons (Fsp3) is 0.100. The summed E-state index contributed by atoms with van der Waals surface area (Å²) in [6, 6.07) is 18.9. The number of hydrogen-bond acceptors (Lipinski definition) is 3. The van der Waals surface area contributed by atoms with E-state index in [1.54, 1.807) is 18.5 Å². The van der Waals surface area contributed by atoms with Crippen LogP contribution in [-0.2, 0) is 13.2 Å². The number of halogens is 1. The van der Waals surface area contributed by atoms with Crippen molar-refractivity contribution in [3.63, 3.8) is 0 Å². The minimum atomic E-state index is -0.107. The van der Waals surface area contributed by atoms with Crippen LogP contribution in [0.4, 0.5) is 0 Å². The molecule has 1 amide bonds. The fourth-order valence-electron chi connectivity index (χ4n) is 2.28. The molecule has 5 heteroatoms. The lowest BCUT2D eigenvalue weighted by molar-refractivity contribution is 0.0950. The lowest BCUT2D eigenvalue weighted by Crippen LogP contribution is -2.23. The van der Waals surface area contributed by atoms with Gasteiger partial charge in [0.1, 0.15) is 12.4 Å². The predicted octanol–water partition coefficient (Wildman–Crippen LogP) is 4.35. The van der Waals surface area contributed by atoms with Crippen LogP contribution in [0, 0.1) is 0 Å². The third-order valence-corrected chi connectivity index (χ3v) is 4.31. The summed E-state index contributed by atoms with van der Waals surface area (Å²) in [4.78, 5) is 16.3. The number of rotatable bonds is 6. The molecule has 1 N–H and O–H groups in total. The summed E-state index contributed by atoms with van der Waals surface area (Å²) in [7, 11) is 0. The van der Waals surface area contributed by atoms with Gasteiger partial charge in [-0.25, -0.2) is 0 Å². The molecular weight excluding hydrogens is 380 g/mol. The highest BCUT2D eigenvalue weighted by Gasteiger charge is 2.08. The van der Waals surface area contributed by atoms with Crippen LogP contribution in [0.1, 0.15) is 21.5 Å². The lowest BCUT2D eigenvalue weighted by Gasteiger charge is -2.09. The van der Waals surface area contributed by atoms with Gasteiger partial charge in [0.05, 0.1) is 5.56 Å². The van der Waals surface area contributed by atoms with E-state index in [-0.39, 0.29) is 5.91 Å². The topological polar surface area (TPSA) is 51.2 Å². The Morgan fingerprint density at radius 3 is 2.52 bits per heavy atom. The van der Waals surface area contributed by atoms with Crippen molar-refractivity contribution in [1.82, 2.24) is 10.3 Å². The van der Waals surface area contributed by atoms with E-state index < -0.39 is 0 Å². The van der Waals surface area contributed by atoms with Crippen LogP contribution in [0.2, 0.25) is 0 Å². The SMILES string of the molecule is O=C(NCc1ccc(OCc2cccnc2)cc1)c1ccccc1Br. The van der Waals surface area contributed by atoms with E-state index >= 15 is 0 Å². The molecule has 0 saturated carbocycles. The number of hydrogen-bond donors (Lipinski definition) is 1. The first-order valence-corrected chi connectivity index (χ1v) is 8.65. The van der Waals surface area contributed by atoms with Gasteiger partial charge in [-0.3, -0.25) is 9.78 Å². The Kier molecular flexibility index (Phi) is 5.80. The maximum atomic E-state index is 12.2. The molecule has 3 aromatic rings. The van der Waals surface area contributed by atoms with E-state index in [2.05, 4.69) is 26.2 Å². The molecule has 0 saturated heterocycles. The van der Waals surface area contributed by atoms with Gasteiger partial charge in [-0.1, -0.05) is 30.3 Å². The maximum Gasteiger partial charge on any atom is 0.252 e. The molecule has 1 aromatic heterocycles. The van der Waals surface area contributed by atoms with Crippen LogP contribution < -0.4 is 10.1 Å². The smallest absolute Gasteiger partial charge is 0.252 e. The van der Waals surface area contributed by atoms with E-state index in [1.807, 2.05) is 54.6 Å². The molecule has 0 fully saturated rings. The molecule has 2 aromatic carbocycles. The number of amides is 1. The second-order valence-electron chi connectivity index (χ2n) is 5.46. The largest absolute Gasteiger partial charge is 0.489 e. The zero-order valence-electron chi connectivity index (χ0n) is 13.5. The van der Waals surface area contributed by atoms with Crippen molar-refractivity contribution in [3.05, 3.63) is 94.2 Å². The van der Waals surface area contributed by atoms with Crippen LogP contribution in [0.25, 0.3) is 0 Å². The van der Waals surface area contributed by atoms with E-state index in [9.17, 15) is 4.79 Å². The molecule has 0 spiro atoms. The van der Waals surface area contributed by atoms with E-state index in [0.717, 1.165) is 21.3 Å². The summed E-state index contributed by atoms with van der Waals surface area (Å²) in [5, 5.41) is 2.92. The van der Waals surface area contributed by atoms with Crippen LogP contribution in [-0.4, -0.2) is 10.9 Å². The number of nitrogens with one attached hydrogen (secondary N) is 1. The predicted molar refractivity (Wildman–Crippen MR) is 100 cm³/mol. The van der Waals surface area contributed by atoms with Crippen molar-refractivity contribution in [2.24, 2.45) is 0 Å². The zero-order chi connectivity index (χ0) is 17.5. The molecule has 1 heterocycles. The van der Waals surface area contributed by atoms with Crippen molar-refractivity contribution in [2.75, 3.05) is 0 Å². The molecule has 3 rings (SSSR count). The number of carbonyl (C=O) groups excluding carboxylic acids is 1.